The summed E-state index contributed by atoms with van der Waals surface area (Å²) in [7, 11) is 1.98. The van der Waals surface area contributed by atoms with Crippen molar-refractivity contribution in [2.24, 2.45) is 5.73 Å². The molecule has 4 nitrogen and oxygen atoms in total. The highest BCUT2D eigenvalue weighted by molar-refractivity contribution is 5.94. The van der Waals surface area contributed by atoms with Crippen LogP contribution in [0.15, 0.2) is 24.3 Å². The van der Waals surface area contributed by atoms with Crippen LogP contribution >= 0.6 is 0 Å². The van der Waals surface area contributed by atoms with Gasteiger partial charge in [0.25, 0.3) is 0 Å². The molecule has 0 spiro atoms. The standard InChI is InChI=1S/C15H22N2O2/c1-17-13-8-4-5-9-14(13)19-10-11-6-2-3-7-12(11)15(16)18/h2-3,6-7,13-14,17H,4-5,8-10H2,1H3,(H2,16,18). The van der Waals surface area contributed by atoms with Crippen molar-refractivity contribution in [2.45, 2.75) is 44.4 Å². The number of hydrogen-bond donors (Lipinski definition) is 2. The van der Waals surface area contributed by atoms with Gasteiger partial charge in [-0.1, -0.05) is 31.0 Å². The number of carbonyl (C=O) groups is 1. The molecule has 19 heavy (non-hydrogen) atoms. The van der Waals surface area contributed by atoms with Gasteiger partial charge in [-0.2, -0.15) is 0 Å². The molecule has 1 aromatic rings. The molecule has 0 aromatic heterocycles. The molecule has 0 radical (unpaired) electrons. The molecule has 2 rings (SSSR count). The minimum absolute atomic E-state index is 0.222. The lowest BCUT2D eigenvalue weighted by Crippen LogP contribution is -2.41. The van der Waals surface area contributed by atoms with Crippen LogP contribution in [0.2, 0.25) is 0 Å². The number of likely N-dealkylation sites (N-methyl/N-ethyl adjacent to an activating group) is 1. The van der Waals surface area contributed by atoms with Gasteiger partial charge in [-0.05, 0) is 31.5 Å². The molecule has 0 saturated heterocycles. The fraction of sp³-hybridized carbons (Fsp3) is 0.533. The van der Waals surface area contributed by atoms with Gasteiger partial charge in [0.1, 0.15) is 0 Å². The lowest BCUT2D eigenvalue weighted by atomic mass is 9.92. The fourth-order valence-corrected chi connectivity index (χ4v) is 2.71. The number of ether oxygens (including phenoxy) is 1. The SMILES string of the molecule is CNC1CCCCC1OCc1ccccc1C(N)=O. The zero-order chi connectivity index (χ0) is 13.7. The number of nitrogens with two attached hydrogens (primary N) is 1. The first kappa shape index (κ1) is 14.0. The third kappa shape index (κ3) is 3.55. The normalized spacial score (nSPS) is 23.2. The number of carbonyl (C=O) groups excluding carboxylic acids is 1. The van der Waals surface area contributed by atoms with E-state index >= 15 is 0 Å². The molecular formula is C15H22N2O2. The van der Waals surface area contributed by atoms with Gasteiger partial charge in [0.15, 0.2) is 0 Å². The quantitative estimate of drug-likeness (QED) is 0.851. The van der Waals surface area contributed by atoms with Crippen LogP contribution in [0.4, 0.5) is 0 Å². The van der Waals surface area contributed by atoms with Crippen molar-refractivity contribution in [1.82, 2.24) is 5.32 Å². The first-order valence-corrected chi connectivity index (χ1v) is 6.89. The van der Waals surface area contributed by atoms with E-state index < -0.39 is 5.91 Å². The number of nitrogens with one attached hydrogen (secondary N) is 1. The van der Waals surface area contributed by atoms with Crippen molar-refractivity contribution in [2.75, 3.05) is 7.05 Å². The topological polar surface area (TPSA) is 64.3 Å². The molecule has 1 aliphatic carbocycles. The molecule has 3 N–H and O–H groups in total. The van der Waals surface area contributed by atoms with Gasteiger partial charge in [-0.15, -0.1) is 0 Å². The molecule has 2 unspecified atom stereocenters. The lowest BCUT2D eigenvalue weighted by molar-refractivity contribution is -0.00384. The van der Waals surface area contributed by atoms with Crippen molar-refractivity contribution < 1.29 is 9.53 Å². The summed E-state index contributed by atoms with van der Waals surface area (Å²) >= 11 is 0. The van der Waals surface area contributed by atoms with Gasteiger partial charge in [0, 0.05) is 11.6 Å². The molecule has 1 fully saturated rings. The second kappa shape index (κ2) is 6.68. The Kier molecular flexibility index (Phi) is 4.93. The summed E-state index contributed by atoms with van der Waals surface area (Å²) in [5.41, 5.74) is 6.80. The minimum atomic E-state index is -0.395. The van der Waals surface area contributed by atoms with Crippen molar-refractivity contribution >= 4 is 5.91 Å². The third-order valence-corrected chi connectivity index (χ3v) is 3.81. The maximum atomic E-state index is 11.3. The summed E-state index contributed by atoms with van der Waals surface area (Å²) in [6.45, 7) is 0.446. The van der Waals surface area contributed by atoms with Crippen LogP contribution in [0, 0.1) is 0 Å². The van der Waals surface area contributed by atoms with Gasteiger partial charge < -0.3 is 15.8 Å². The Hall–Kier alpha value is -1.39. The number of hydrogen-bond acceptors (Lipinski definition) is 3. The predicted molar refractivity (Wildman–Crippen MR) is 74.9 cm³/mol. The monoisotopic (exact) mass is 262 g/mol. The molecule has 1 saturated carbocycles. The maximum absolute atomic E-state index is 11.3. The fourth-order valence-electron chi connectivity index (χ4n) is 2.71. The molecule has 104 valence electrons. The minimum Gasteiger partial charge on any atom is -0.372 e. The van der Waals surface area contributed by atoms with E-state index in [1.54, 1.807) is 6.07 Å². The van der Waals surface area contributed by atoms with Crippen molar-refractivity contribution in [3.63, 3.8) is 0 Å². The molecular weight excluding hydrogens is 240 g/mol. The Balaban J connectivity index is 2.00. The Bertz CT molecular complexity index is 434. The Morgan fingerprint density at radius 1 is 1.37 bits per heavy atom. The maximum Gasteiger partial charge on any atom is 0.249 e. The highest BCUT2D eigenvalue weighted by Gasteiger charge is 2.24. The van der Waals surface area contributed by atoms with Crippen LogP contribution < -0.4 is 11.1 Å². The Morgan fingerprint density at radius 3 is 2.84 bits per heavy atom. The van der Waals surface area contributed by atoms with Crippen molar-refractivity contribution in [1.29, 1.82) is 0 Å². The molecule has 4 heteroatoms. The Morgan fingerprint density at radius 2 is 2.11 bits per heavy atom. The van der Waals surface area contributed by atoms with Crippen molar-refractivity contribution in [3.8, 4) is 0 Å². The van der Waals surface area contributed by atoms with Gasteiger partial charge >= 0.3 is 0 Å². The zero-order valence-electron chi connectivity index (χ0n) is 11.4. The third-order valence-electron chi connectivity index (χ3n) is 3.81. The molecule has 0 aliphatic heterocycles. The molecule has 1 amide bonds. The molecule has 1 aliphatic rings. The average Bonchev–Trinajstić information content (AvgIpc) is 2.45. The van der Waals surface area contributed by atoms with Crippen LogP contribution in [-0.4, -0.2) is 25.1 Å². The first-order chi connectivity index (χ1) is 9.22. The van der Waals surface area contributed by atoms with E-state index in [2.05, 4.69) is 5.32 Å². The molecule has 0 bridgehead atoms. The average molecular weight is 262 g/mol. The predicted octanol–water partition coefficient (Wildman–Crippen LogP) is 1.83. The second-order valence-corrected chi connectivity index (χ2v) is 5.05. The first-order valence-electron chi connectivity index (χ1n) is 6.89. The summed E-state index contributed by atoms with van der Waals surface area (Å²) < 4.78 is 5.99. The molecule has 1 aromatic carbocycles. The highest BCUT2D eigenvalue weighted by Crippen LogP contribution is 2.22. The van der Waals surface area contributed by atoms with Crippen molar-refractivity contribution in [3.05, 3.63) is 35.4 Å². The van der Waals surface area contributed by atoms with Gasteiger partial charge in [0.05, 0.1) is 12.7 Å². The lowest BCUT2D eigenvalue weighted by Gasteiger charge is -2.31. The van der Waals surface area contributed by atoms with E-state index in [1.165, 1.54) is 12.8 Å². The highest BCUT2D eigenvalue weighted by atomic mass is 16.5. The van der Waals surface area contributed by atoms with E-state index in [-0.39, 0.29) is 6.10 Å². The van der Waals surface area contributed by atoms with E-state index in [1.807, 2.05) is 25.2 Å². The largest absolute Gasteiger partial charge is 0.372 e. The smallest absolute Gasteiger partial charge is 0.249 e. The summed E-state index contributed by atoms with van der Waals surface area (Å²) in [5.74, 6) is -0.395. The number of amides is 1. The van der Waals surface area contributed by atoms with Crippen LogP contribution in [0.25, 0.3) is 0 Å². The Labute approximate surface area is 114 Å². The van der Waals surface area contributed by atoms with Gasteiger partial charge in [-0.3, -0.25) is 4.79 Å². The van der Waals surface area contributed by atoms with E-state index in [0.29, 0.717) is 18.2 Å². The molecule has 0 heterocycles. The van der Waals surface area contributed by atoms with E-state index in [0.717, 1.165) is 18.4 Å². The number of benzene rings is 1. The van der Waals surface area contributed by atoms with E-state index in [4.69, 9.17) is 10.5 Å². The van der Waals surface area contributed by atoms with Crippen LogP contribution in [0.5, 0.6) is 0 Å². The van der Waals surface area contributed by atoms with Gasteiger partial charge in [-0.25, -0.2) is 0 Å². The summed E-state index contributed by atoms with van der Waals surface area (Å²) in [6.07, 6.45) is 4.91. The second-order valence-electron chi connectivity index (χ2n) is 5.05. The van der Waals surface area contributed by atoms with Crippen LogP contribution in [0.3, 0.4) is 0 Å². The van der Waals surface area contributed by atoms with Gasteiger partial charge in [0.2, 0.25) is 5.91 Å². The number of primary amides is 1. The van der Waals surface area contributed by atoms with Crippen LogP contribution in [0.1, 0.15) is 41.6 Å². The van der Waals surface area contributed by atoms with E-state index in [9.17, 15) is 4.79 Å². The van der Waals surface area contributed by atoms with Crippen LogP contribution in [-0.2, 0) is 11.3 Å². The summed E-state index contributed by atoms with van der Waals surface area (Å²) in [6, 6.07) is 7.78. The summed E-state index contributed by atoms with van der Waals surface area (Å²) in [4.78, 5) is 11.3. The number of rotatable bonds is 5. The zero-order valence-corrected chi connectivity index (χ0v) is 11.4. The summed E-state index contributed by atoms with van der Waals surface area (Å²) in [5, 5.41) is 3.31. The molecule has 2 atom stereocenters.